The van der Waals surface area contributed by atoms with Gasteiger partial charge in [0.05, 0.1) is 12.8 Å². The second kappa shape index (κ2) is 8.33. The van der Waals surface area contributed by atoms with E-state index in [4.69, 9.17) is 9.47 Å². The molecule has 0 unspecified atom stereocenters. The fraction of sp³-hybridized carbons (Fsp3) is 0.409. The number of carbonyl (C=O) groups is 1. The van der Waals surface area contributed by atoms with Gasteiger partial charge in [0.25, 0.3) is 5.91 Å². The summed E-state index contributed by atoms with van der Waals surface area (Å²) < 4.78 is 11.4. The fourth-order valence-electron chi connectivity index (χ4n) is 3.39. The summed E-state index contributed by atoms with van der Waals surface area (Å²) in [4.78, 5) is 17.0. The van der Waals surface area contributed by atoms with Gasteiger partial charge < -0.3 is 19.3 Å². The van der Waals surface area contributed by atoms with Crippen LogP contribution in [0, 0.1) is 13.8 Å². The van der Waals surface area contributed by atoms with Gasteiger partial charge in [0.2, 0.25) is 0 Å². The van der Waals surface area contributed by atoms with Crippen LogP contribution in [0.4, 0.5) is 5.69 Å². The minimum absolute atomic E-state index is 0.0376. The summed E-state index contributed by atoms with van der Waals surface area (Å²) in [6.07, 6.45) is -0.497. The summed E-state index contributed by atoms with van der Waals surface area (Å²) in [5, 5.41) is 0. The highest BCUT2D eigenvalue weighted by Gasteiger charge is 2.27. The summed E-state index contributed by atoms with van der Waals surface area (Å²) in [7, 11) is 1.69. The number of anilines is 1. The van der Waals surface area contributed by atoms with Gasteiger partial charge in [-0.3, -0.25) is 4.79 Å². The van der Waals surface area contributed by atoms with Crippen molar-refractivity contribution < 1.29 is 14.3 Å². The molecule has 5 heteroatoms. The van der Waals surface area contributed by atoms with Crippen LogP contribution in [0.15, 0.2) is 42.5 Å². The molecule has 1 heterocycles. The summed E-state index contributed by atoms with van der Waals surface area (Å²) in [5.41, 5.74) is 3.24. The minimum Gasteiger partial charge on any atom is -0.495 e. The molecule has 144 valence electrons. The van der Waals surface area contributed by atoms with Crippen molar-refractivity contribution in [3.8, 4) is 11.5 Å². The van der Waals surface area contributed by atoms with Crippen LogP contribution in [-0.4, -0.2) is 50.2 Å². The normalized spacial score (nSPS) is 15.4. The van der Waals surface area contributed by atoms with Crippen molar-refractivity contribution in [1.82, 2.24) is 4.90 Å². The number of piperazine rings is 1. The van der Waals surface area contributed by atoms with Crippen LogP contribution in [0.5, 0.6) is 11.5 Å². The van der Waals surface area contributed by atoms with Crippen LogP contribution in [0.3, 0.4) is 0 Å². The molecule has 1 atom stereocenters. The Morgan fingerprint density at radius 1 is 1.00 bits per heavy atom. The molecular formula is C22H28N2O3. The first-order chi connectivity index (χ1) is 13.0. The molecule has 2 aromatic rings. The molecule has 27 heavy (non-hydrogen) atoms. The lowest BCUT2D eigenvalue weighted by Gasteiger charge is -2.37. The first-order valence-electron chi connectivity index (χ1n) is 9.40. The molecule has 0 spiro atoms. The number of amides is 1. The molecule has 1 aliphatic heterocycles. The number of ether oxygens (including phenoxy) is 2. The molecule has 3 rings (SSSR count). The second-order valence-corrected chi connectivity index (χ2v) is 7.01. The van der Waals surface area contributed by atoms with Crippen LogP contribution in [0.1, 0.15) is 18.1 Å². The zero-order valence-electron chi connectivity index (χ0n) is 16.6. The lowest BCUT2D eigenvalue weighted by molar-refractivity contribution is -0.138. The van der Waals surface area contributed by atoms with E-state index >= 15 is 0 Å². The van der Waals surface area contributed by atoms with E-state index in [1.165, 1.54) is 0 Å². The quantitative estimate of drug-likeness (QED) is 0.811. The number of hydrogen-bond donors (Lipinski definition) is 0. The first kappa shape index (κ1) is 19.1. The standard InChI is InChI=1S/C22H28N2O3/c1-16-9-10-17(2)21(15-16)27-18(3)22(25)24-13-11-23(12-14-24)19-7-5-6-8-20(19)26-4/h5-10,15,18H,11-14H2,1-4H3/t18-/m1/s1. The Kier molecular flexibility index (Phi) is 5.89. The predicted molar refractivity (Wildman–Crippen MR) is 108 cm³/mol. The SMILES string of the molecule is COc1ccccc1N1CCN(C(=O)[C@@H](C)Oc2cc(C)ccc2C)CC1. The van der Waals surface area contributed by atoms with Gasteiger partial charge in [0.15, 0.2) is 6.10 Å². The highest BCUT2D eigenvalue weighted by atomic mass is 16.5. The number of rotatable bonds is 5. The third-order valence-corrected chi connectivity index (χ3v) is 5.01. The molecule has 0 N–H and O–H groups in total. The number of para-hydroxylation sites is 2. The minimum atomic E-state index is -0.497. The van der Waals surface area contributed by atoms with Crippen molar-refractivity contribution in [2.45, 2.75) is 26.9 Å². The number of carbonyl (C=O) groups excluding carboxylic acids is 1. The summed E-state index contributed by atoms with van der Waals surface area (Å²) in [6.45, 7) is 8.77. The smallest absolute Gasteiger partial charge is 0.263 e. The van der Waals surface area contributed by atoms with Gasteiger partial charge in [-0.05, 0) is 50.1 Å². The molecule has 0 radical (unpaired) electrons. The largest absolute Gasteiger partial charge is 0.495 e. The molecule has 0 saturated carbocycles. The average Bonchev–Trinajstić information content (AvgIpc) is 2.70. The maximum absolute atomic E-state index is 12.8. The van der Waals surface area contributed by atoms with Crippen molar-refractivity contribution in [2.75, 3.05) is 38.2 Å². The molecule has 1 fully saturated rings. The van der Waals surface area contributed by atoms with E-state index in [0.29, 0.717) is 13.1 Å². The van der Waals surface area contributed by atoms with Gasteiger partial charge in [-0.15, -0.1) is 0 Å². The van der Waals surface area contributed by atoms with Crippen LogP contribution >= 0.6 is 0 Å². The van der Waals surface area contributed by atoms with Gasteiger partial charge >= 0.3 is 0 Å². The van der Waals surface area contributed by atoms with Crippen LogP contribution in [-0.2, 0) is 4.79 Å². The maximum Gasteiger partial charge on any atom is 0.263 e. The fourth-order valence-corrected chi connectivity index (χ4v) is 3.39. The molecule has 0 aliphatic carbocycles. The van der Waals surface area contributed by atoms with Gasteiger partial charge in [0, 0.05) is 26.2 Å². The van der Waals surface area contributed by atoms with Crippen molar-refractivity contribution in [1.29, 1.82) is 0 Å². The maximum atomic E-state index is 12.8. The van der Waals surface area contributed by atoms with Crippen molar-refractivity contribution >= 4 is 11.6 Å². The van der Waals surface area contributed by atoms with Gasteiger partial charge in [-0.2, -0.15) is 0 Å². The zero-order chi connectivity index (χ0) is 19.4. The highest BCUT2D eigenvalue weighted by Crippen LogP contribution is 2.28. The van der Waals surface area contributed by atoms with E-state index in [0.717, 1.165) is 41.4 Å². The Balaban J connectivity index is 1.60. The van der Waals surface area contributed by atoms with E-state index in [1.807, 2.05) is 62.1 Å². The number of aryl methyl sites for hydroxylation is 2. The molecule has 0 aromatic heterocycles. The summed E-state index contributed by atoms with van der Waals surface area (Å²) in [6, 6.07) is 14.1. The van der Waals surface area contributed by atoms with E-state index in [2.05, 4.69) is 11.0 Å². The summed E-state index contributed by atoms with van der Waals surface area (Å²) in [5.74, 6) is 1.68. The predicted octanol–water partition coefficient (Wildman–Crippen LogP) is 3.43. The molecule has 1 saturated heterocycles. The van der Waals surface area contributed by atoms with Gasteiger partial charge in [-0.1, -0.05) is 24.3 Å². The van der Waals surface area contributed by atoms with E-state index in [1.54, 1.807) is 7.11 Å². The molecule has 2 aromatic carbocycles. The number of nitrogens with zero attached hydrogens (tertiary/aromatic N) is 2. The molecule has 1 amide bonds. The Morgan fingerprint density at radius 2 is 1.70 bits per heavy atom. The van der Waals surface area contributed by atoms with Crippen molar-refractivity contribution in [3.63, 3.8) is 0 Å². The Labute approximate surface area is 161 Å². The Bertz CT molecular complexity index is 798. The highest BCUT2D eigenvalue weighted by molar-refractivity contribution is 5.81. The van der Waals surface area contributed by atoms with E-state index in [9.17, 15) is 4.79 Å². The zero-order valence-corrected chi connectivity index (χ0v) is 16.6. The van der Waals surface area contributed by atoms with Gasteiger partial charge in [0.1, 0.15) is 11.5 Å². The molecule has 0 bridgehead atoms. The van der Waals surface area contributed by atoms with Gasteiger partial charge in [-0.25, -0.2) is 0 Å². The Morgan fingerprint density at radius 3 is 2.41 bits per heavy atom. The third-order valence-electron chi connectivity index (χ3n) is 5.01. The summed E-state index contributed by atoms with van der Waals surface area (Å²) >= 11 is 0. The number of benzene rings is 2. The van der Waals surface area contributed by atoms with Crippen LogP contribution < -0.4 is 14.4 Å². The number of methoxy groups -OCH3 is 1. The lowest BCUT2D eigenvalue weighted by atomic mass is 10.1. The average molecular weight is 368 g/mol. The molecule has 5 nitrogen and oxygen atoms in total. The van der Waals surface area contributed by atoms with E-state index in [-0.39, 0.29) is 5.91 Å². The topological polar surface area (TPSA) is 42.0 Å². The molecule has 1 aliphatic rings. The van der Waals surface area contributed by atoms with E-state index < -0.39 is 6.10 Å². The van der Waals surface area contributed by atoms with Crippen molar-refractivity contribution in [3.05, 3.63) is 53.6 Å². The molecular weight excluding hydrogens is 340 g/mol. The second-order valence-electron chi connectivity index (χ2n) is 7.01. The van der Waals surface area contributed by atoms with Crippen molar-refractivity contribution in [2.24, 2.45) is 0 Å². The Hall–Kier alpha value is -2.69. The van der Waals surface area contributed by atoms with Crippen LogP contribution in [0.25, 0.3) is 0 Å². The monoisotopic (exact) mass is 368 g/mol. The van der Waals surface area contributed by atoms with Crippen LogP contribution in [0.2, 0.25) is 0 Å². The first-order valence-corrected chi connectivity index (χ1v) is 9.40. The number of hydrogen-bond acceptors (Lipinski definition) is 4. The lowest BCUT2D eigenvalue weighted by Crippen LogP contribution is -2.52. The third kappa shape index (κ3) is 4.35.